The van der Waals surface area contributed by atoms with Crippen molar-refractivity contribution < 1.29 is 4.39 Å². The van der Waals surface area contributed by atoms with Gasteiger partial charge in [-0.05, 0) is 44.5 Å². The van der Waals surface area contributed by atoms with Gasteiger partial charge in [-0.25, -0.2) is 4.39 Å². The van der Waals surface area contributed by atoms with Crippen LogP contribution in [0.25, 0.3) is 0 Å². The predicted molar refractivity (Wildman–Crippen MR) is 74.4 cm³/mol. The zero-order valence-corrected chi connectivity index (χ0v) is 11.4. The van der Waals surface area contributed by atoms with E-state index in [0.717, 1.165) is 17.8 Å². The highest BCUT2D eigenvalue weighted by atomic mass is 19.1. The summed E-state index contributed by atoms with van der Waals surface area (Å²) in [5.74, 6) is -0.0866. The number of nitrogens with one attached hydrogen (secondary N) is 1. The molecule has 0 bridgehead atoms. The first-order valence-electron chi connectivity index (χ1n) is 6.96. The Hall–Kier alpha value is -1.09. The number of halogens is 1. The van der Waals surface area contributed by atoms with Crippen LogP contribution >= 0.6 is 0 Å². The molecule has 0 heterocycles. The average molecular weight is 250 g/mol. The molecule has 1 aromatic carbocycles. The lowest BCUT2D eigenvalue weighted by Crippen LogP contribution is -2.33. The van der Waals surface area contributed by atoms with Crippen molar-refractivity contribution in [1.82, 2.24) is 5.32 Å². The maximum absolute atomic E-state index is 14.2. The van der Waals surface area contributed by atoms with Gasteiger partial charge in [-0.1, -0.05) is 18.9 Å². The first-order valence-corrected chi connectivity index (χ1v) is 6.96. The van der Waals surface area contributed by atoms with E-state index in [9.17, 15) is 4.39 Å². The zero-order valence-electron chi connectivity index (χ0n) is 11.4. The van der Waals surface area contributed by atoms with Crippen LogP contribution in [-0.2, 0) is 6.54 Å². The quantitative estimate of drug-likeness (QED) is 0.862. The lowest BCUT2D eigenvalue weighted by Gasteiger charge is -2.30. The third-order valence-corrected chi connectivity index (χ3v) is 3.81. The van der Waals surface area contributed by atoms with Gasteiger partial charge < -0.3 is 10.2 Å². The number of anilines is 1. The van der Waals surface area contributed by atoms with E-state index in [1.807, 2.05) is 19.2 Å². The van der Waals surface area contributed by atoms with Gasteiger partial charge in [0.1, 0.15) is 5.82 Å². The molecule has 0 amide bonds. The normalized spacial score (nSPS) is 16.2. The smallest absolute Gasteiger partial charge is 0.146 e. The van der Waals surface area contributed by atoms with Crippen LogP contribution in [0.3, 0.4) is 0 Å². The molecule has 1 N–H and O–H groups in total. The number of benzene rings is 1. The Labute approximate surface area is 109 Å². The summed E-state index contributed by atoms with van der Waals surface area (Å²) in [6, 6.07) is 6.14. The Bertz CT molecular complexity index is 386. The molecular weight excluding hydrogens is 227 g/mol. The molecule has 1 aliphatic rings. The van der Waals surface area contributed by atoms with Gasteiger partial charge in [0.15, 0.2) is 0 Å². The Morgan fingerprint density at radius 1 is 1.33 bits per heavy atom. The molecule has 0 aliphatic heterocycles. The van der Waals surface area contributed by atoms with E-state index < -0.39 is 0 Å². The molecule has 0 aromatic heterocycles. The maximum Gasteiger partial charge on any atom is 0.146 e. The highest BCUT2D eigenvalue weighted by Crippen LogP contribution is 2.30. The minimum atomic E-state index is -0.0866. The zero-order chi connectivity index (χ0) is 13.0. The Balaban J connectivity index is 2.19. The van der Waals surface area contributed by atoms with E-state index in [2.05, 4.69) is 17.1 Å². The summed E-state index contributed by atoms with van der Waals surface area (Å²) in [7, 11) is 1.88. The Morgan fingerprint density at radius 3 is 2.61 bits per heavy atom. The minimum Gasteiger partial charge on any atom is -0.366 e. The largest absolute Gasteiger partial charge is 0.366 e. The van der Waals surface area contributed by atoms with Crippen LogP contribution in [-0.4, -0.2) is 19.6 Å². The summed E-state index contributed by atoms with van der Waals surface area (Å²) in [6.07, 6.45) is 4.96. The van der Waals surface area contributed by atoms with Gasteiger partial charge in [0.05, 0.1) is 5.69 Å². The summed E-state index contributed by atoms with van der Waals surface area (Å²) in [5.41, 5.74) is 1.77. The van der Waals surface area contributed by atoms with E-state index in [0.29, 0.717) is 12.6 Å². The molecule has 0 radical (unpaired) electrons. The third-order valence-electron chi connectivity index (χ3n) is 3.81. The van der Waals surface area contributed by atoms with Crippen LogP contribution < -0.4 is 10.2 Å². The molecule has 1 aromatic rings. The minimum absolute atomic E-state index is 0.0866. The van der Waals surface area contributed by atoms with Gasteiger partial charge >= 0.3 is 0 Å². The molecule has 1 fully saturated rings. The summed E-state index contributed by atoms with van der Waals surface area (Å²) in [6.45, 7) is 3.71. The summed E-state index contributed by atoms with van der Waals surface area (Å²) >= 11 is 0. The van der Waals surface area contributed by atoms with Crippen molar-refractivity contribution in [2.45, 2.75) is 45.2 Å². The van der Waals surface area contributed by atoms with E-state index >= 15 is 0 Å². The lowest BCUT2D eigenvalue weighted by molar-refractivity contribution is 0.576. The highest BCUT2D eigenvalue weighted by molar-refractivity contribution is 5.50. The molecule has 1 aliphatic carbocycles. The van der Waals surface area contributed by atoms with E-state index in [1.165, 1.54) is 25.7 Å². The summed E-state index contributed by atoms with van der Waals surface area (Å²) in [4.78, 5) is 2.23. The van der Waals surface area contributed by atoms with E-state index in [-0.39, 0.29) is 5.82 Å². The third kappa shape index (κ3) is 2.83. The molecule has 0 saturated heterocycles. The van der Waals surface area contributed by atoms with Crippen molar-refractivity contribution in [3.05, 3.63) is 29.6 Å². The molecule has 0 spiro atoms. The fourth-order valence-electron chi connectivity index (χ4n) is 2.94. The number of rotatable bonds is 5. The first-order chi connectivity index (χ1) is 8.76. The first kappa shape index (κ1) is 13.3. The number of nitrogens with zero attached hydrogens (tertiary/aromatic N) is 1. The topological polar surface area (TPSA) is 15.3 Å². The van der Waals surface area contributed by atoms with Gasteiger partial charge in [-0.2, -0.15) is 0 Å². The molecule has 2 rings (SSSR count). The second kappa shape index (κ2) is 6.19. The molecule has 18 heavy (non-hydrogen) atoms. The van der Waals surface area contributed by atoms with Gasteiger partial charge in [0, 0.05) is 19.1 Å². The second-order valence-corrected chi connectivity index (χ2v) is 5.04. The Morgan fingerprint density at radius 2 is 2.06 bits per heavy atom. The maximum atomic E-state index is 14.2. The standard InChI is InChI=1S/C15H23FN2/c1-3-18(13-6-4-5-7-13)15-9-8-12(11-17-2)10-14(15)16/h8-10,13,17H,3-7,11H2,1-2H3. The van der Waals surface area contributed by atoms with Gasteiger partial charge in [-0.3, -0.25) is 0 Å². The van der Waals surface area contributed by atoms with Gasteiger partial charge in [0.25, 0.3) is 0 Å². The highest BCUT2D eigenvalue weighted by Gasteiger charge is 2.23. The fraction of sp³-hybridized carbons (Fsp3) is 0.600. The molecule has 100 valence electrons. The molecular formula is C15H23FN2. The van der Waals surface area contributed by atoms with Crippen LogP contribution in [0.2, 0.25) is 0 Å². The van der Waals surface area contributed by atoms with Crippen LogP contribution in [0.4, 0.5) is 10.1 Å². The molecule has 0 unspecified atom stereocenters. The number of hydrogen-bond acceptors (Lipinski definition) is 2. The summed E-state index contributed by atoms with van der Waals surface area (Å²) < 4.78 is 14.2. The van der Waals surface area contributed by atoms with Crippen molar-refractivity contribution in [1.29, 1.82) is 0 Å². The molecule has 2 nitrogen and oxygen atoms in total. The van der Waals surface area contributed by atoms with E-state index in [4.69, 9.17) is 0 Å². The van der Waals surface area contributed by atoms with Gasteiger partial charge in [0.2, 0.25) is 0 Å². The van der Waals surface area contributed by atoms with E-state index in [1.54, 1.807) is 6.07 Å². The van der Waals surface area contributed by atoms with Crippen molar-refractivity contribution >= 4 is 5.69 Å². The van der Waals surface area contributed by atoms with Crippen LogP contribution in [0, 0.1) is 5.82 Å². The van der Waals surface area contributed by atoms with Crippen LogP contribution in [0.5, 0.6) is 0 Å². The van der Waals surface area contributed by atoms with Crippen molar-refractivity contribution in [2.24, 2.45) is 0 Å². The van der Waals surface area contributed by atoms with Crippen molar-refractivity contribution in [3.8, 4) is 0 Å². The average Bonchev–Trinajstić information content (AvgIpc) is 2.87. The van der Waals surface area contributed by atoms with Crippen LogP contribution in [0.15, 0.2) is 18.2 Å². The van der Waals surface area contributed by atoms with Crippen molar-refractivity contribution in [2.75, 3.05) is 18.5 Å². The fourth-order valence-corrected chi connectivity index (χ4v) is 2.94. The molecule has 1 saturated carbocycles. The van der Waals surface area contributed by atoms with Crippen LogP contribution in [0.1, 0.15) is 38.2 Å². The monoisotopic (exact) mass is 250 g/mol. The summed E-state index contributed by atoms with van der Waals surface area (Å²) in [5, 5.41) is 3.05. The molecule has 3 heteroatoms. The molecule has 0 atom stereocenters. The van der Waals surface area contributed by atoms with Crippen molar-refractivity contribution in [3.63, 3.8) is 0 Å². The lowest BCUT2D eigenvalue weighted by atomic mass is 10.1. The Kier molecular flexibility index (Phi) is 4.59. The second-order valence-electron chi connectivity index (χ2n) is 5.04. The number of hydrogen-bond donors (Lipinski definition) is 1. The predicted octanol–water partition coefficient (Wildman–Crippen LogP) is 3.31. The SMILES string of the molecule is CCN(c1ccc(CNC)cc1F)C1CCCC1. The van der Waals surface area contributed by atoms with Gasteiger partial charge in [-0.15, -0.1) is 0 Å².